The first-order valence-electron chi connectivity index (χ1n) is 5.60. The number of halogens is 1. The van der Waals surface area contributed by atoms with Gasteiger partial charge in [0, 0.05) is 22.1 Å². The van der Waals surface area contributed by atoms with E-state index in [-0.39, 0.29) is 10.1 Å². The number of primary sulfonamides is 1. The number of nitrogens with one attached hydrogen (secondary N) is 2. The minimum Gasteiger partial charge on any atom is -0.356 e. The first kappa shape index (κ1) is 15.2. The number of carbonyl (C=O) groups excluding carboxylic acids is 1. The molecule has 0 radical (unpaired) electrons. The molecular formula is C11H12BrN3O3S2. The predicted molar refractivity (Wildman–Crippen MR) is 80.2 cm³/mol. The predicted octanol–water partition coefficient (Wildman–Crippen LogP) is 1.46. The second-order valence-corrected chi connectivity index (χ2v) is 7.88. The van der Waals surface area contributed by atoms with Crippen LogP contribution in [-0.2, 0) is 16.4 Å². The molecule has 0 atom stereocenters. The molecule has 0 bridgehead atoms. The molecule has 108 valence electrons. The van der Waals surface area contributed by atoms with Crippen molar-refractivity contribution >= 4 is 43.2 Å². The maximum absolute atomic E-state index is 11.7. The maximum Gasteiger partial charge on any atom is 0.267 e. The van der Waals surface area contributed by atoms with Crippen LogP contribution >= 0.6 is 27.3 Å². The van der Waals surface area contributed by atoms with Crippen molar-refractivity contribution < 1.29 is 13.2 Å². The molecular weight excluding hydrogens is 366 g/mol. The van der Waals surface area contributed by atoms with Gasteiger partial charge in [0.2, 0.25) is 10.0 Å². The number of hydrogen-bond donors (Lipinski definition) is 3. The van der Waals surface area contributed by atoms with Gasteiger partial charge in [-0.3, -0.25) is 4.79 Å². The average Bonchev–Trinajstić information content (AvgIpc) is 2.97. The summed E-state index contributed by atoms with van der Waals surface area (Å²) < 4.78 is 23.2. The van der Waals surface area contributed by atoms with Crippen molar-refractivity contribution in [3.8, 4) is 0 Å². The third-order valence-electron chi connectivity index (χ3n) is 2.47. The lowest BCUT2D eigenvalue weighted by Crippen LogP contribution is -2.25. The highest BCUT2D eigenvalue weighted by molar-refractivity contribution is 9.10. The molecule has 4 N–H and O–H groups in total. The summed E-state index contributed by atoms with van der Waals surface area (Å²) in [5.74, 6) is -0.209. The van der Waals surface area contributed by atoms with Gasteiger partial charge in [0.1, 0.15) is 9.90 Å². The largest absolute Gasteiger partial charge is 0.356 e. The van der Waals surface area contributed by atoms with E-state index in [4.69, 9.17) is 5.14 Å². The molecule has 2 aromatic heterocycles. The first-order valence-corrected chi connectivity index (χ1v) is 8.75. The van der Waals surface area contributed by atoms with Gasteiger partial charge in [0.15, 0.2) is 0 Å². The van der Waals surface area contributed by atoms with Crippen LogP contribution in [0.5, 0.6) is 0 Å². The fraction of sp³-hybridized carbons (Fsp3) is 0.182. The van der Waals surface area contributed by atoms with Gasteiger partial charge < -0.3 is 10.3 Å². The molecule has 0 saturated heterocycles. The third-order valence-corrected chi connectivity index (χ3v) is 5.51. The number of aromatic nitrogens is 1. The SMILES string of the molecule is NS(=O)(=O)c1ccc(CCNC(=O)c2cc(Br)c[nH]2)s1. The molecule has 20 heavy (non-hydrogen) atoms. The van der Waals surface area contributed by atoms with Gasteiger partial charge in [-0.05, 0) is 40.5 Å². The standard InChI is InChI=1S/C11H12BrN3O3S2/c12-7-5-9(15-6-7)11(16)14-4-3-8-1-2-10(19-8)20(13,17)18/h1-2,5-6,15H,3-4H2,(H,14,16)(H2,13,17,18). The number of rotatable bonds is 5. The van der Waals surface area contributed by atoms with Gasteiger partial charge in [-0.15, -0.1) is 11.3 Å². The zero-order chi connectivity index (χ0) is 14.8. The number of thiophene rings is 1. The van der Waals surface area contributed by atoms with Crippen molar-refractivity contribution in [2.75, 3.05) is 6.54 Å². The maximum atomic E-state index is 11.7. The summed E-state index contributed by atoms with van der Waals surface area (Å²) in [4.78, 5) is 15.4. The molecule has 2 heterocycles. The van der Waals surface area contributed by atoms with Gasteiger partial charge in [0.05, 0.1) is 0 Å². The summed E-state index contributed by atoms with van der Waals surface area (Å²) in [7, 11) is -3.64. The first-order chi connectivity index (χ1) is 9.36. The van der Waals surface area contributed by atoms with Gasteiger partial charge in [-0.1, -0.05) is 0 Å². The van der Waals surface area contributed by atoms with Crippen LogP contribution in [0.3, 0.4) is 0 Å². The average molecular weight is 378 g/mol. The number of sulfonamides is 1. The smallest absolute Gasteiger partial charge is 0.267 e. The molecule has 0 aliphatic rings. The Morgan fingerprint density at radius 1 is 1.45 bits per heavy atom. The number of H-pyrrole nitrogens is 1. The van der Waals surface area contributed by atoms with Crippen LogP contribution in [0.1, 0.15) is 15.4 Å². The molecule has 0 spiro atoms. The van der Waals surface area contributed by atoms with Crippen molar-refractivity contribution in [3.63, 3.8) is 0 Å². The van der Waals surface area contributed by atoms with E-state index >= 15 is 0 Å². The van der Waals surface area contributed by atoms with E-state index in [1.165, 1.54) is 6.07 Å². The van der Waals surface area contributed by atoms with Crippen molar-refractivity contribution in [1.29, 1.82) is 0 Å². The molecule has 0 saturated carbocycles. The highest BCUT2D eigenvalue weighted by Crippen LogP contribution is 2.20. The minimum atomic E-state index is -3.64. The van der Waals surface area contributed by atoms with E-state index in [0.717, 1.165) is 20.7 Å². The summed E-state index contributed by atoms with van der Waals surface area (Å²) in [6.07, 6.45) is 2.22. The fourth-order valence-corrected chi connectivity index (χ4v) is 3.66. The van der Waals surface area contributed by atoms with Crippen LogP contribution in [0.4, 0.5) is 0 Å². The zero-order valence-corrected chi connectivity index (χ0v) is 13.4. The summed E-state index contributed by atoms with van der Waals surface area (Å²) in [5, 5.41) is 7.77. The third kappa shape index (κ3) is 3.92. The van der Waals surface area contributed by atoms with Crippen molar-refractivity contribution in [2.45, 2.75) is 10.6 Å². The van der Waals surface area contributed by atoms with Crippen LogP contribution in [0, 0.1) is 0 Å². The number of hydrogen-bond acceptors (Lipinski definition) is 4. The molecule has 9 heteroatoms. The van der Waals surface area contributed by atoms with Gasteiger partial charge >= 0.3 is 0 Å². The van der Waals surface area contributed by atoms with Crippen LogP contribution in [-0.4, -0.2) is 25.9 Å². The van der Waals surface area contributed by atoms with Crippen LogP contribution in [0.25, 0.3) is 0 Å². The van der Waals surface area contributed by atoms with Crippen molar-refractivity contribution in [1.82, 2.24) is 10.3 Å². The quantitative estimate of drug-likeness (QED) is 0.734. The Morgan fingerprint density at radius 2 is 2.20 bits per heavy atom. The Balaban J connectivity index is 1.87. The van der Waals surface area contributed by atoms with Crippen molar-refractivity contribution in [2.24, 2.45) is 5.14 Å². The van der Waals surface area contributed by atoms with Crippen LogP contribution in [0.2, 0.25) is 0 Å². The Bertz CT molecular complexity index is 721. The molecule has 0 aliphatic heterocycles. The summed E-state index contributed by atoms with van der Waals surface area (Å²) >= 11 is 4.36. The molecule has 2 rings (SSSR count). The van der Waals surface area contributed by atoms with E-state index in [1.54, 1.807) is 18.3 Å². The molecule has 0 aromatic carbocycles. The van der Waals surface area contributed by atoms with E-state index in [9.17, 15) is 13.2 Å². The lowest BCUT2D eigenvalue weighted by molar-refractivity contribution is 0.0950. The van der Waals surface area contributed by atoms with E-state index < -0.39 is 10.0 Å². The zero-order valence-electron chi connectivity index (χ0n) is 10.2. The second kappa shape index (κ2) is 6.08. The fourth-order valence-electron chi connectivity index (χ4n) is 1.54. The Hall–Kier alpha value is -1.16. The van der Waals surface area contributed by atoms with Crippen LogP contribution < -0.4 is 10.5 Å². The topological polar surface area (TPSA) is 105 Å². The second-order valence-electron chi connectivity index (χ2n) is 4.00. The highest BCUT2D eigenvalue weighted by atomic mass is 79.9. The number of nitrogens with two attached hydrogens (primary N) is 1. The lowest BCUT2D eigenvalue weighted by atomic mass is 10.3. The normalized spacial score (nSPS) is 11.5. The number of amides is 1. The van der Waals surface area contributed by atoms with E-state index in [0.29, 0.717) is 18.7 Å². The lowest BCUT2D eigenvalue weighted by Gasteiger charge is -2.02. The van der Waals surface area contributed by atoms with E-state index in [2.05, 4.69) is 26.2 Å². The molecule has 1 amide bonds. The molecule has 2 aromatic rings. The molecule has 0 aliphatic carbocycles. The monoisotopic (exact) mass is 377 g/mol. The highest BCUT2D eigenvalue weighted by Gasteiger charge is 2.11. The van der Waals surface area contributed by atoms with Gasteiger partial charge in [0.25, 0.3) is 5.91 Å². The Labute approximate surface area is 128 Å². The van der Waals surface area contributed by atoms with Crippen molar-refractivity contribution in [3.05, 3.63) is 39.4 Å². The molecule has 0 unspecified atom stereocenters. The van der Waals surface area contributed by atoms with E-state index in [1.807, 2.05) is 0 Å². The van der Waals surface area contributed by atoms with Gasteiger partial charge in [-0.2, -0.15) is 0 Å². The number of aromatic amines is 1. The van der Waals surface area contributed by atoms with Gasteiger partial charge in [-0.25, -0.2) is 13.6 Å². The Kier molecular flexibility index (Phi) is 4.63. The van der Waals surface area contributed by atoms with Crippen LogP contribution in [0.15, 0.2) is 33.1 Å². The molecule has 0 fully saturated rings. The Morgan fingerprint density at radius 3 is 2.75 bits per heavy atom. The number of carbonyl (C=O) groups is 1. The summed E-state index contributed by atoms with van der Waals surface area (Å²) in [6.45, 7) is 0.417. The molecule has 6 nitrogen and oxygen atoms in total. The summed E-state index contributed by atoms with van der Waals surface area (Å²) in [6, 6.07) is 4.85. The minimum absolute atomic E-state index is 0.132. The summed E-state index contributed by atoms with van der Waals surface area (Å²) in [5.41, 5.74) is 0.466.